The Kier molecular flexibility index (Phi) is 2.09. The molecule has 0 aliphatic heterocycles. The lowest BCUT2D eigenvalue weighted by molar-refractivity contribution is 0.599. The molecule has 2 N–H and O–H groups in total. The van der Waals surface area contributed by atoms with Crippen molar-refractivity contribution in [3.63, 3.8) is 0 Å². The van der Waals surface area contributed by atoms with E-state index in [0.717, 1.165) is 17.5 Å². The quantitative estimate of drug-likeness (QED) is 0.707. The largest absolute Gasteiger partial charge is 0.398 e. The summed E-state index contributed by atoms with van der Waals surface area (Å²) in [6, 6.07) is 2.03. The molecule has 2 atom stereocenters. The lowest BCUT2D eigenvalue weighted by Gasteiger charge is -2.07. The van der Waals surface area contributed by atoms with Crippen LogP contribution in [0.2, 0.25) is 0 Å². The summed E-state index contributed by atoms with van der Waals surface area (Å²) in [4.78, 5) is 1.43. The van der Waals surface area contributed by atoms with E-state index >= 15 is 0 Å². The monoisotopic (exact) mass is 181 g/mol. The molecule has 2 heteroatoms. The molecule has 12 heavy (non-hydrogen) atoms. The summed E-state index contributed by atoms with van der Waals surface area (Å²) in [5.41, 5.74) is 6.89. The van der Waals surface area contributed by atoms with E-state index in [2.05, 4.69) is 12.3 Å². The number of thiophene rings is 1. The predicted molar refractivity (Wildman–Crippen MR) is 54.5 cm³/mol. The summed E-state index contributed by atoms with van der Waals surface area (Å²) < 4.78 is 0. The summed E-state index contributed by atoms with van der Waals surface area (Å²) in [5.74, 6) is 1.66. The minimum atomic E-state index is 0.764. The Balaban J connectivity index is 2.16. The van der Waals surface area contributed by atoms with Crippen molar-refractivity contribution in [1.29, 1.82) is 0 Å². The van der Waals surface area contributed by atoms with Crippen molar-refractivity contribution in [1.82, 2.24) is 0 Å². The second-order valence-electron chi connectivity index (χ2n) is 3.86. The third-order valence-corrected chi connectivity index (χ3v) is 3.89. The van der Waals surface area contributed by atoms with Gasteiger partial charge >= 0.3 is 0 Å². The Morgan fingerprint density at radius 3 is 2.83 bits per heavy atom. The standard InChI is InChI=1S/C10H15NS/c1-7-2-3-8(6-7)10-9(11)4-5-12-10/h4-5,7-8H,2-3,6,11H2,1H3. The van der Waals surface area contributed by atoms with Gasteiger partial charge in [-0.25, -0.2) is 0 Å². The summed E-state index contributed by atoms with van der Waals surface area (Å²) in [7, 11) is 0. The minimum Gasteiger partial charge on any atom is -0.398 e. The highest BCUT2D eigenvalue weighted by atomic mass is 32.1. The topological polar surface area (TPSA) is 26.0 Å². The Hall–Kier alpha value is -0.500. The van der Waals surface area contributed by atoms with Gasteiger partial charge < -0.3 is 5.73 Å². The fourth-order valence-electron chi connectivity index (χ4n) is 2.11. The normalized spacial score (nSPS) is 29.4. The summed E-state index contributed by atoms with van der Waals surface area (Å²) in [6.07, 6.45) is 4.05. The molecule has 0 amide bonds. The number of hydrogen-bond donors (Lipinski definition) is 1. The van der Waals surface area contributed by atoms with E-state index in [0.29, 0.717) is 0 Å². The highest BCUT2D eigenvalue weighted by Gasteiger charge is 2.24. The summed E-state index contributed by atoms with van der Waals surface area (Å²) >= 11 is 1.82. The van der Waals surface area contributed by atoms with Crippen molar-refractivity contribution in [3.05, 3.63) is 16.3 Å². The van der Waals surface area contributed by atoms with Gasteiger partial charge in [0, 0.05) is 10.6 Å². The van der Waals surface area contributed by atoms with Crippen LogP contribution in [-0.4, -0.2) is 0 Å². The Morgan fingerprint density at radius 1 is 1.50 bits per heavy atom. The van der Waals surface area contributed by atoms with Crippen molar-refractivity contribution >= 4 is 17.0 Å². The molecule has 2 unspecified atom stereocenters. The molecule has 0 spiro atoms. The van der Waals surface area contributed by atoms with Gasteiger partial charge in [-0.15, -0.1) is 11.3 Å². The van der Waals surface area contributed by atoms with Gasteiger partial charge in [-0.2, -0.15) is 0 Å². The first-order chi connectivity index (χ1) is 5.77. The molecule has 1 nitrogen and oxygen atoms in total. The lowest BCUT2D eigenvalue weighted by atomic mass is 10.0. The second-order valence-corrected chi connectivity index (χ2v) is 4.80. The zero-order valence-electron chi connectivity index (χ0n) is 7.42. The van der Waals surface area contributed by atoms with Crippen LogP contribution in [0.1, 0.15) is 37.0 Å². The van der Waals surface area contributed by atoms with Gasteiger partial charge in [0.2, 0.25) is 0 Å². The van der Waals surface area contributed by atoms with Crippen LogP contribution in [0, 0.1) is 5.92 Å². The molecule has 1 heterocycles. The van der Waals surface area contributed by atoms with E-state index in [9.17, 15) is 0 Å². The number of hydrogen-bond acceptors (Lipinski definition) is 2. The van der Waals surface area contributed by atoms with Crippen LogP contribution >= 0.6 is 11.3 Å². The first-order valence-corrected chi connectivity index (χ1v) is 5.48. The maximum absolute atomic E-state index is 5.88. The maximum Gasteiger partial charge on any atom is 0.0458 e. The van der Waals surface area contributed by atoms with Crippen LogP contribution in [0.3, 0.4) is 0 Å². The van der Waals surface area contributed by atoms with Crippen molar-refractivity contribution < 1.29 is 0 Å². The molecule has 1 aliphatic rings. The van der Waals surface area contributed by atoms with Gasteiger partial charge in [-0.05, 0) is 36.1 Å². The van der Waals surface area contributed by atoms with Crippen LogP contribution in [0.5, 0.6) is 0 Å². The molecule has 2 rings (SSSR count). The molecule has 0 aromatic carbocycles. The second kappa shape index (κ2) is 3.09. The van der Waals surface area contributed by atoms with Crippen LogP contribution < -0.4 is 5.73 Å². The third kappa shape index (κ3) is 1.36. The minimum absolute atomic E-state index is 0.764. The van der Waals surface area contributed by atoms with E-state index in [1.54, 1.807) is 0 Å². The fourth-order valence-corrected chi connectivity index (χ4v) is 3.08. The third-order valence-electron chi connectivity index (χ3n) is 2.79. The average Bonchev–Trinajstić information content (AvgIpc) is 2.58. The number of nitrogen functional groups attached to an aromatic ring is 1. The van der Waals surface area contributed by atoms with Gasteiger partial charge in [0.05, 0.1) is 0 Å². The van der Waals surface area contributed by atoms with E-state index in [1.165, 1.54) is 24.1 Å². The van der Waals surface area contributed by atoms with Gasteiger partial charge in [-0.1, -0.05) is 13.3 Å². The Labute approximate surface area is 77.6 Å². The summed E-state index contributed by atoms with van der Waals surface area (Å²) in [5, 5.41) is 2.10. The molecular formula is C10H15NS. The Morgan fingerprint density at radius 2 is 2.33 bits per heavy atom. The fraction of sp³-hybridized carbons (Fsp3) is 0.600. The molecule has 1 aromatic heterocycles. The van der Waals surface area contributed by atoms with Gasteiger partial charge in [0.15, 0.2) is 0 Å². The van der Waals surface area contributed by atoms with Crippen LogP contribution in [0.4, 0.5) is 5.69 Å². The molecule has 1 aliphatic carbocycles. The van der Waals surface area contributed by atoms with Crippen molar-refractivity contribution in [2.24, 2.45) is 5.92 Å². The van der Waals surface area contributed by atoms with E-state index in [1.807, 2.05) is 17.4 Å². The molecule has 0 radical (unpaired) electrons. The van der Waals surface area contributed by atoms with E-state index in [4.69, 9.17) is 5.73 Å². The maximum atomic E-state index is 5.88. The SMILES string of the molecule is CC1CCC(c2sccc2N)C1. The summed E-state index contributed by atoms with van der Waals surface area (Å²) in [6.45, 7) is 2.34. The van der Waals surface area contributed by atoms with Gasteiger partial charge in [0.25, 0.3) is 0 Å². The predicted octanol–water partition coefficient (Wildman–Crippen LogP) is 3.23. The van der Waals surface area contributed by atoms with E-state index < -0.39 is 0 Å². The molecule has 1 aromatic rings. The van der Waals surface area contributed by atoms with Crippen molar-refractivity contribution in [2.75, 3.05) is 5.73 Å². The zero-order valence-corrected chi connectivity index (χ0v) is 8.23. The molecule has 1 fully saturated rings. The number of nitrogens with two attached hydrogens (primary N) is 1. The van der Waals surface area contributed by atoms with Crippen LogP contribution in [0.25, 0.3) is 0 Å². The van der Waals surface area contributed by atoms with Crippen LogP contribution in [-0.2, 0) is 0 Å². The number of rotatable bonds is 1. The molecule has 1 saturated carbocycles. The number of anilines is 1. The zero-order chi connectivity index (χ0) is 8.55. The van der Waals surface area contributed by atoms with Crippen molar-refractivity contribution in [3.8, 4) is 0 Å². The van der Waals surface area contributed by atoms with E-state index in [-0.39, 0.29) is 0 Å². The average molecular weight is 181 g/mol. The Bertz CT molecular complexity index is 267. The van der Waals surface area contributed by atoms with Crippen molar-refractivity contribution in [2.45, 2.75) is 32.1 Å². The highest BCUT2D eigenvalue weighted by Crippen LogP contribution is 2.42. The first-order valence-electron chi connectivity index (χ1n) is 4.60. The molecule has 0 bridgehead atoms. The molecule has 0 saturated heterocycles. The first kappa shape index (κ1) is 8.11. The highest BCUT2D eigenvalue weighted by molar-refractivity contribution is 7.10. The van der Waals surface area contributed by atoms with Crippen LogP contribution in [0.15, 0.2) is 11.4 Å². The molecule has 66 valence electrons. The van der Waals surface area contributed by atoms with Gasteiger partial charge in [-0.3, -0.25) is 0 Å². The lowest BCUT2D eigenvalue weighted by Crippen LogP contribution is -1.94. The smallest absolute Gasteiger partial charge is 0.0458 e. The molecular weight excluding hydrogens is 166 g/mol. The van der Waals surface area contributed by atoms with Gasteiger partial charge in [0.1, 0.15) is 0 Å².